The number of nitrogens with one attached hydrogen (secondary N) is 1. The van der Waals surface area contributed by atoms with Crippen LogP contribution >= 0.6 is 43.2 Å². The van der Waals surface area contributed by atoms with E-state index >= 15 is 0 Å². The number of rotatable bonds is 6. The van der Waals surface area contributed by atoms with Crippen molar-refractivity contribution in [1.29, 1.82) is 0 Å². The van der Waals surface area contributed by atoms with Crippen molar-refractivity contribution in [3.8, 4) is 0 Å². The van der Waals surface area contributed by atoms with Crippen molar-refractivity contribution in [2.75, 3.05) is 27.2 Å². The number of ketones is 1. The smallest absolute Gasteiger partial charge is 0.221 e. The lowest BCUT2D eigenvalue weighted by Crippen LogP contribution is -2.30. The zero-order valence-corrected chi connectivity index (χ0v) is 14.1. The van der Waals surface area contributed by atoms with Gasteiger partial charge in [-0.3, -0.25) is 14.5 Å². The van der Waals surface area contributed by atoms with E-state index in [-0.39, 0.29) is 11.7 Å². The third-order valence-corrected chi connectivity index (χ3v) is 4.71. The number of carbonyl (C=O) groups excluding carboxylic acids is 2. The first-order chi connectivity index (χ1) is 8.43. The fraction of sp³-hybridized carbons (Fsp3) is 0.455. The topological polar surface area (TPSA) is 49.4 Å². The minimum Gasteiger partial charge on any atom is -0.359 e. The Labute approximate surface area is 127 Å². The van der Waals surface area contributed by atoms with Crippen LogP contribution in [0.25, 0.3) is 0 Å². The van der Waals surface area contributed by atoms with E-state index < -0.39 is 0 Å². The Hall–Kier alpha value is -0.240. The molecule has 0 saturated carbocycles. The van der Waals surface area contributed by atoms with E-state index in [1.54, 1.807) is 7.05 Å². The molecule has 18 heavy (non-hydrogen) atoms. The summed E-state index contributed by atoms with van der Waals surface area (Å²) in [6.45, 7) is 0.868. The number of hydrogen-bond donors (Lipinski definition) is 1. The lowest BCUT2D eigenvalue weighted by Gasteiger charge is -2.14. The number of nitrogens with zero attached hydrogens (tertiary/aromatic N) is 1. The van der Waals surface area contributed by atoms with E-state index in [1.165, 1.54) is 11.3 Å². The molecular weight excluding hydrogens is 384 g/mol. The highest BCUT2D eigenvalue weighted by atomic mass is 79.9. The predicted octanol–water partition coefficient (Wildman–Crippen LogP) is 2.52. The Bertz CT molecular complexity index is 448. The molecule has 0 atom stereocenters. The van der Waals surface area contributed by atoms with Crippen LogP contribution in [0.2, 0.25) is 0 Å². The lowest BCUT2D eigenvalue weighted by molar-refractivity contribution is -0.120. The Balaban J connectivity index is 2.49. The molecule has 1 heterocycles. The van der Waals surface area contributed by atoms with Gasteiger partial charge in [0.1, 0.15) is 0 Å². The van der Waals surface area contributed by atoms with Gasteiger partial charge < -0.3 is 5.32 Å². The minimum atomic E-state index is -0.0197. The molecule has 4 nitrogen and oxygen atoms in total. The van der Waals surface area contributed by atoms with Gasteiger partial charge in [-0.2, -0.15) is 0 Å². The maximum atomic E-state index is 12.0. The van der Waals surface area contributed by atoms with Crippen molar-refractivity contribution in [3.63, 3.8) is 0 Å². The number of hydrogen-bond acceptors (Lipinski definition) is 4. The summed E-state index contributed by atoms with van der Waals surface area (Å²) in [5, 5.41) is 2.56. The number of halogens is 2. The average Bonchev–Trinajstić information content (AvgIpc) is 2.65. The predicted molar refractivity (Wildman–Crippen MR) is 80.2 cm³/mol. The quantitative estimate of drug-likeness (QED) is 0.750. The highest BCUT2D eigenvalue weighted by Gasteiger charge is 2.15. The van der Waals surface area contributed by atoms with E-state index in [2.05, 4.69) is 37.2 Å². The molecule has 0 spiro atoms. The second-order valence-electron chi connectivity index (χ2n) is 3.82. The molecule has 1 aromatic heterocycles. The van der Waals surface area contributed by atoms with Crippen LogP contribution in [0.3, 0.4) is 0 Å². The van der Waals surface area contributed by atoms with Crippen LogP contribution in [-0.2, 0) is 4.79 Å². The SMILES string of the molecule is CNC(=O)CCN(C)CC(=O)c1cc(Br)sc1Br. The van der Waals surface area contributed by atoms with Crippen LogP contribution in [0.4, 0.5) is 0 Å². The molecule has 0 aliphatic rings. The van der Waals surface area contributed by atoms with Crippen molar-refractivity contribution >= 4 is 54.9 Å². The first-order valence-electron chi connectivity index (χ1n) is 5.31. The standard InChI is InChI=1S/C11H14Br2N2O2S/c1-14-10(17)3-4-15(2)6-8(16)7-5-9(12)18-11(7)13/h5H,3-4,6H2,1-2H3,(H,14,17). The number of likely N-dealkylation sites (N-methyl/N-ethyl adjacent to an activating group) is 1. The molecule has 0 aromatic carbocycles. The van der Waals surface area contributed by atoms with Crippen LogP contribution in [0.15, 0.2) is 13.6 Å². The number of thiophene rings is 1. The maximum absolute atomic E-state index is 12.0. The maximum Gasteiger partial charge on any atom is 0.221 e. The van der Waals surface area contributed by atoms with Crippen molar-refractivity contribution in [2.45, 2.75) is 6.42 Å². The Kier molecular flexibility index (Phi) is 6.48. The summed E-state index contributed by atoms with van der Waals surface area (Å²) in [5.41, 5.74) is 0.679. The summed E-state index contributed by atoms with van der Waals surface area (Å²) in [6, 6.07) is 1.81. The molecule has 100 valence electrons. The number of amides is 1. The number of Topliss-reactive ketones (excluding diaryl/α,β-unsaturated/α-hetero) is 1. The summed E-state index contributed by atoms with van der Waals surface area (Å²) in [7, 11) is 3.43. The molecule has 1 aromatic rings. The van der Waals surface area contributed by atoms with Gasteiger partial charge >= 0.3 is 0 Å². The van der Waals surface area contributed by atoms with E-state index in [0.29, 0.717) is 25.1 Å². The second-order valence-corrected chi connectivity index (χ2v) is 7.57. The van der Waals surface area contributed by atoms with Crippen molar-refractivity contribution < 1.29 is 9.59 Å². The molecule has 1 rings (SSSR count). The molecule has 1 amide bonds. The van der Waals surface area contributed by atoms with E-state index in [9.17, 15) is 9.59 Å². The fourth-order valence-electron chi connectivity index (χ4n) is 1.36. The molecular formula is C11H14Br2N2O2S. The Morgan fingerprint density at radius 3 is 2.61 bits per heavy atom. The molecule has 0 radical (unpaired) electrons. The van der Waals surface area contributed by atoms with Crippen molar-refractivity contribution in [1.82, 2.24) is 10.2 Å². The van der Waals surface area contributed by atoms with Gasteiger partial charge in [0.15, 0.2) is 5.78 Å². The summed E-state index contributed by atoms with van der Waals surface area (Å²) >= 11 is 8.19. The molecule has 0 aliphatic carbocycles. The molecule has 0 aliphatic heterocycles. The van der Waals surface area contributed by atoms with E-state index in [4.69, 9.17) is 0 Å². The van der Waals surface area contributed by atoms with Crippen molar-refractivity contribution in [2.24, 2.45) is 0 Å². The van der Waals surface area contributed by atoms with Crippen LogP contribution in [0, 0.1) is 0 Å². The largest absolute Gasteiger partial charge is 0.359 e. The third kappa shape index (κ3) is 4.79. The van der Waals surface area contributed by atoms with Gasteiger partial charge in [0.25, 0.3) is 0 Å². The average molecular weight is 398 g/mol. The summed E-state index contributed by atoms with van der Waals surface area (Å²) in [5.74, 6) is 0.0250. The summed E-state index contributed by atoms with van der Waals surface area (Å²) in [6.07, 6.45) is 0.398. The normalized spacial score (nSPS) is 10.7. The van der Waals surface area contributed by atoms with Crippen LogP contribution in [-0.4, -0.2) is 43.8 Å². The highest BCUT2D eigenvalue weighted by molar-refractivity contribution is 9.12. The zero-order chi connectivity index (χ0) is 13.7. The van der Waals surface area contributed by atoms with Gasteiger partial charge in [0.05, 0.1) is 14.1 Å². The van der Waals surface area contributed by atoms with Gasteiger partial charge in [0, 0.05) is 25.6 Å². The first kappa shape index (κ1) is 15.8. The minimum absolute atomic E-state index is 0.0197. The molecule has 1 N–H and O–H groups in total. The molecule has 0 saturated heterocycles. The van der Waals surface area contributed by atoms with Gasteiger partial charge in [-0.05, 0) is 45.0 Å². The van der Waals surface area contributed by atoms with Gasteiger partial charge in [0.2, 0.25) is 5.91 Å². The van der Waals surface area contributed by atoms with Crippen LogP contribution in [0.5, 0.6) is 0 Å². The second kappa shape index (κ2) is 7.37. The zero-order valence-electron chi connectivity index (χ0n) is 10.1. The van der Waals surface area contributed by atoms with Crippen molar-refractivity contribution in [3.05, 3.63) is 19.2 Å². The lowest BCUT2D eigenvalue weighted by atomic mass is 10.2. The Morgan fingerprint density at radius 2 is 2.11 bits per heavy atom. The third-order valence-electron chi connectivity index (χ3n) is 2.37. The summed E-state index contributed by atoms with van der Waals surface area (Å²) in [4.78, 5) is 25.0. The molecule has 0 unspecified atom stereocenters. The van der Waals surface area contributed by atoms with Crippen LogP contribution < -0.4 is 5.32 Å². The van der Waals surface area contributed by atoms with E-state index in [0.717, 1.165) is 7.57 Å². The van der Waals surface area contributed by atoms with E-state index in [1.807, 2.05) is 18.0 Å². The Morgan fingerprint density at radius 1 is 1.44 bits per heavy atom. The molecule has 0 bridgehead atoms. The van der Waals surface area contributed by atoms with Gasteiger partial charge in [-0.1, -0.05) is 0 Å². The van der Waals surface area contributed by atoms with Crippen LogP contribution in [0.1, 0.15) is 16.8 Å². The first-order valence-corrected chi connectivity index (χ1v) is 7.71. The van der Waals surface area contributed by atoms with Gasteiger partial charge in [-0.25, -0.2) is 0 Å². The number of carbonyl (C=O) groups is 2. The van der Waals surface area contributed by atoms with Gasteiger partial charge in [-0.15, -0.1) is 11.3 Å². The summed E-state index contributed by atoms with van der Waals surface area (Å²) < 4.78 is 1.75. The highest BCUT2D eigenvalue weighted by Crippen LogP contribution is 2.32. The molecule has 0 fully saturated rings. The molecule has 7 heteroatoms. The monoisotopic (exact) mass is 396 g/mol. The fourth-order valence-corrected chi connectivity index (χ4v) is 4.21.